The smallest absolute Gasteiger partial charge is 0.257 e. The van der Waals surface area contributed by atoms with Crippen molar-refractivity contribution in [1.29, 1.82) is 0 Å². The van der Waals surface area contributed by atoms with Gasteiger partial charge in [-0.3, -0.25) is 4.79 Å². The van der Waals surface area contributed by atoms with Gasteiger partial charge in [0.15, 0.2) is 17.3 Å². The third-order valence-corrected chi connectivity index (χ3v) is 6.45. The molecule has 31 heavy (non-hydrogen) atoms. The molecule has 2 aromatic rings. The van der Waals surface area contributed by atoms with E-state index in [4.69, 9.17) is 10.5 Å². The number of aromatic nitrogens is 2. The van der Waals surface area contributed by atoms with Crippen LogP contribution >= 0.6 is 0 Å². The van der Waals surface area contributed by atoms with Crippen LogP contribution in [0.3, 0.4) is 0 Å². The van der Waals surface area contributed by atoms with Crippen LogP contribution in [0.1, 0.15) is 43.1 Å². The summed E-state index contributed by atoms with van der Waals surface area (Å²) in [6.45, 7) is 1.09. The minimum Gasteiger partial charge on any atom is -0.402 e. The maximum atomic E-state index is 13.7. The zero-order valence-electron chi connectivity index (χ0n) is 16.9. The molecule has 0 bridgehead atoms. The quantitative estimate of drug-likeness (QED) is 0.811. The number of anilines is 1. The molecule has 0 unspecified atom stereocenters. The highest BCUT2D eigenvalue weighted by Gasteiger charge is 2.58. The van der Waals surface area contributed by atoms with Crippen LogP contribution in [0, 0.1) is 5.82 Å². The number of ether oxygens (including phenoxy) is 1. The lowest BCUT2D eigenvalue weighted by atomic mass is 9.89. The molecular formula is C22H23F2N5O2. The van der Waals surface area contributed by atoms with Crippen LogP contribution in [0.25, 0.3) is 5.83 Å². The topological polar surface area (TPSA) is 84.6 Å². The molecule has 0 radical (unpaired) electrons. The predicted octanol–water partition coefficient (Wildman–Crippen LogP) is 2.90. The maximum Gasteiger partial charge on any atom is 0.257 e. The number of nitrogens with zero attached hydrogens (tertiary/aromatic N) is 4. The molecule has 162 valence electrons. The number of carbonyl (C=O) groups is 1. The fourth-order valence-corrected chi connectivity index (χ4v) is 4.90. The van der Waals surface area contributed by atoms with Crippen LogP contribution in [0.4, 0.5) is 14.6 Å². The molecule has 1 amide bonds. The van der Waals surface area contributed by atoms with E-state index >= 15 is 0 Å². The average molecular weight is 427 g/mol. The maximum absolute atomic E-state index is 13.7. The first kappa shape index (κ1) is 19.9. The molecule has 2 atom stereocenters. The molecule has 0 saturated carbocycles. The van der Waals surface area contributed by atoms with E-state index in [2.05, 4.69) is 9.97 Å². The fourth-order valence-electron chi connectivity index (χ4n) is 4.90. The fraction of sp³-hybridized carbons (Fsp3) is 0.409. The van der Waals surface area contributed by atoms with Crippen molar-refractivity contribution in [2.75, 3.05) is 18.0 Å². The van der Waals surface area contributed by atoms with E-state index in [1.165, 1.54) is 18.3 Å². The van der Waals surface area contributed by atoms with E-state index in [1.54, 1.807) is 17.0 Å². The Morgan fingerprint density at radius 2 is 2.06 bits per heavy atom. The minimum atomic E-state index is -0.870. The second kappa shape index (κ2) is 7.56. The predicted molar refractivity (Wildman–Crippen MR) is 110 cm³/mol. The third kappa shape index (κ3) is 3.33. The molecule has 1 aromatic carbocycles. The summed E-state index contributed by atoms with van der Waals surface area (Å²) in [6, 6.07) is 7.98. The Morgan fingerprint density at radius 3 is 2.81 bits per heavy atom. The molecule has 7 nitrogen and oxygen atoms in total. The lowest BCUT2D eigenvalue weighted by Gasteiger charge is -2.38. The summed E-state index contributed by atoms with van der Waals surface area (Å²) in [4.78, 5) is 25.4. The summed E-state index contributed by atoms with van der Waals surface area (Å²) in [7, 11) is 0. The van der Waals surface area contributed by atoms with Crippen molar-refractivity contribution < 1.29 is 18.3 Å². The van der Waals surface area contributed by atoms with Crippen LogP contribution in [0.15, 0.2) is 42.7 Å². The first-order valence-electron chi connectivity index (χ1n) is 10.4. The van der Waals surface area contributed by atoms with Gasteiger partial charge in [-0.2, -0.15) is 0 Å². The number of halogens is 2. The number of rotatable bonds is 3. The molecule has 9 heteroatoms. The highest BCUT2D eigenvalue weighted by molar-refractivity contribution is 5.88. The molecule has 3 saturated heterocycles. The zero-order valence-corrected chi connectivity index (χ0v) is 16.9. The van der Waals surface area contributed by atoms with E-state index in [0.29, 0.717) is 31.7 Å². The highest BCUT2D eigenvalue weighted by Crippen LogP contribution is 2.47. The van der Waals surface area contributed by atoms with Crippen LogP contribution in [0.2, 0.25) is 0 Å². The summed E-state index contributed by atoms with van der Waals surface area (Å²) in [6.07, 6.45) is 4.54. The monoisotopic (exact) mass is 427 g/mol. The summed E-state index contributed by atoms with van der Waals surface area (Å²) in [5.74, 6) is -0.493. The van der Waals surface area contributed by atoms with Crippen LogP contribution in [-0.4, -0.2) is 45.7 Å². The van der Waals surface area contributed by atoms with Crippen LogP contribution < -0.4 is 10.6 Å². The van der Waals surface area contributed by atoms with E-state index < -0.39 is 11.4 Å². The summed E-state index contributed by atoms with van der Waals surface area (Å²) in [5, 5.41) is 0. The number of carbonyl (C=O) groups excluding carboxylic acids is 1. The lowest BCUT2D eigenvalue weighted by molar-refractivity contribution is -0.140. The van der Waals surface area contributed by atoms with Gasteiger partial charge in [-0.05, 0) is 36.6 Å². The van der Waals surface area contributed by atoms with E-state index in [0.717, 1.165) is 24.6 Å². The Kier molecular flexibility index (Phi) is 4.85. The van der Waals surface area contributed by atoms with Crippen molar-refractivity contribution in [1.82, 2.24) is 14.9 Å². The molecule has 1 spiro atoms. The van der Waals surface area contributed by atoms with Gasteiger partial charge in [0.1, 0.15) is 17.9 Å². The van der Waals surface area contributed by atoms with Gasteiger partial charge >= 0.3 is 0 Å². The second-order valence-corrected chi connectivity index (χ2v) is 8.17. The van der Waals surface area contributed by atoms with E-state index in [9.17, 15) is 13.6 Å². The van der Waals surface area contributed by atoms with E-state index in [1.807, 2.05) is 11.0 Å². The molecule has 0 aliphatic carbocycles. The number of fused-ring (bicyclic) bond motifs is 1. The molecule has 4 heterocycles. The van der Waals surface area contributed by atoms with Gasteiger partial charge in [-0.25, -0.2) is 18.7 Å². The summed E-state index contributed by atoms with van der Waals surface area (Å²) in [5.41, 5.74) is 5.16. The highest BCUT2D eigenvalue weighted by atomic mass is 19.1. The number of hydrogen-bond acceptors (Lipinski definition) is 6. The number of hydrogen-bond donors (Lipinski definition) is 1. The number of amides is 1. The molecule has 3 aliphatic heterocycles. The average Bonchev–Trinajstić information content (AvgIpc) is 3.32. The van der Waals surface area contributed by atoms with Crippen molar-refractivity contribution in [2.45, 2.75) is 43.6 Å². The van der Waals surface area contributed by atoms with Gasteiger partial charge in [0.25, 0.3) is 5.91 Å². The molecule has 1 aromatic heterocycles. The van der Waals surface area contributed by atoms with Gasteiger partial charge in [-0.15, -0.1) is 0 Å². The van der Waals surface area contributed by atoms with Crippen molar-refractivity contribution in [3.63, 3.8) is 0 Å². The molecule has 3 fully saturated rings. The summed E-state index contributed by atoms with van der Waals surface area (Å²) >= 11 is 0. The molecule has 3 aliphatic rings. The first-order valence-corrected chi connectivity index (χ1v) is 10.4. The van der Waals surface area contributed by atoms with Gasteiger partial charge < -0.3 is 20.3 Å². The Morgan fingerprint density at radius 1 is 1.26 bits per heavy atom. The number of piperidine rings is 1. The van der Waals surface area contributed by atoms with Crippen molar-refractivity contribution >= 4 is 17.6 Å². The molecular weight excluding hydrogens is 404 g/mol. The largest absolute Gasteiger partial charge is 0.402 e. The minimum absolute atomic E-state index is 0.0237. The van der Waals surface area contributed by atoms with Gasteiger partial charge in [0, 0.05) is 38.3 Å². The third-order valence-electron chi connectivity index (χ3n) is 6.45. The van der Waals surface area contributed by atoms with Gasteiger partial charge in [0.2, 0.25) is 0 Å². The van der Waals surface area contributed by atoms with E-state index in [-0.39, 0.29) is 29.8 Å². The standard InChI is InChI=1S/C22H23F2N5O2/c23-15-3-1-2-14(12-15)17-4-5-19-29(17)21(30)22(31-19)7-10-28(11-8-22)18-6-9-26-20(27-18)16(24)13-25/h1-3,6,9,12-13,17,19H,4-5,7-8,10-11,25H2/b16-13+/t17-,19-/m0/s1. The lowest BCUT2D eigenvalue weighted by Crippen LogP contribution is -2.50. The second-order valence-electron chi connectivity index (χ2n) is 8.17. The Balaban J connectivity index is 1.32. The van der Waals surface area contributed by atoms with Crippen LogP contribution in [-0.2, 0) is 9.53 Å². The Hall–Kier alpha value is -3.07. The molecule has 2 N–H and O–H groups in total. The SMILES string of the molecule is N/C=C(/F)c1nccc(N2CCC3(CC2)O[C@H]2CC[C@@H](c4cccc(F)c4)N2C3=O)n1. The summed E-state index contributed by atoms with van der Waals surface area (Å²) < 4.78 is 33.8. The first-order chi connectivity index (χ1) is 15.0. The Labute approximate surface area is 178 Å². The number of benzene rings is 1. The zero-order chi connectivity index (χ0) is 21.6. The van der Waals surface area contributed by atoms with Crippen molar-refractivity contribution in [3.05, 3.63) is 59.9 Å². The molecule has 5 rings (SSSR count). The van der Waals surface area contributed by atoms with Crippen LogP contribution in [0.5, 0.6) is 0 Å². The number of nitrogens with two attached hydrogens (primary N) is 1. The van der Waals surface area contributed by atoms with Crippen molar-refractivity contribution in [2.24, 2.45) is 5.73 Å². The van der Waals surface area contributed by atoms with Gasteiger partial charge in [-0.1, -0.05) is 12.1 Å². The van der Waals surface area contributed by atoms with Crippen molar-refractivity contribution in [3.8, 4) is 0 Å². The normalized spacial score (nSPS) is 25.4. The van der Waals surface area contributed by atoms with Gasteiger partial charge in [0.05, 0.1) is 6.04 Å². The Bertz CT molecular complexity index is 1040.